The van der Waals surface area contributed by atoms with Gasteiger partial charge in [0.25, 0.3) is 0 Å². The Balaban J connectivity index is 2.67. The molecule has 1 N–H and O–H groups in total. The minimum absolute atomic E-state index is 0.0204. The summed E-state index contributed by atoms with van der Waals surface area (Å²) in [6.45, 7) is 11.7. The molecule has 20 heavy (non-hydrogen) atoms. The molecule has 0 bridgehead atoms. The third kappa shape index (κ3) is 6.84. The molecule has 0 radical (unpaired) electrons. The summed E-state index contributed by atoms with van der Waals surface area (Å²) in [5.41, 5.74) is 1.10. The third-order valence-corrected chi connectivity index (χ3v) is 2.11. The first kappa shape index (κ1) is 16.1. The van der Waals surface area contributed by atoms with E-state index in [0.717, 1.165) is 5.56 Å². The Morgan fingerprint density at radius 2 is 1.60 bits per heavy atom. The van der Waals surface area contributed by atoms with E-state index in [0.29, 0.717) is 5.69 Å². The van der Waals surface area contributed by atoms with Crippen LogP contribution in [0.5, 0.6) is 0 Å². The predicted molar refractivity (Wildman–Crippen MR) is 82.6 cm³/mol. The summed E-state index contributed by atoms with van der Waals surface area (Å²) < 4.78 is 5.19. The smallest absolute Gasteiger partial charge is 0.412 e. The van der Waals surface area contributed by atoms with Crippen LogP contribution in [0.1, 0.15) is 47.1 Å². The molecule has 0 unspecified atom stereocenters. The fraction of sp³-hybridized carbons (Fsp3) is 0.471. The van der Waals surface area contributed by atoms with Crippen molar-refractivity contribution in [2.45, 2.75) is 47.1 Å². The van der Waals surface area contributed by atoms with E-state index in [1.54, 1.807) is 0 Å². The van der Waals surface area contributed by atoms with Gasteiger partial charge in [0.05, 0.1) is 0 Å². The summed E-state index contributed by atoms with van der Waals surface area (Å²) in [5, 5.41) is 2.69. The highest BCUT2D eigenvalue weighted by Gasteiger charge is 2.15. The van der Waals surface area contributed by atoms with Gasteiger partial charge in [-0.2, -0.15) is 0 Å². The van der Waals surface area contributed by atoms with E-state index in [2.05, 4.69) is 37.9 Å². The van der Waals surface area contributed by atoms with Crippen LogP contribution in [0.3, 0.4) is 0 Å². The van der Waals surface area contributed by atoms with Crippen molar-refractivity contribution in [2.24, 2.45) is 5.41 Å². The van der Waals surface area contributed by atoms with Crippen molar-refractivity contribution >= 4 is 11.8 Å². The van der Waals surface area contributed by atoms with Gasteiger partial charge in [0.1, 0.15) is 5.60 Å². The van der Waals surface area contributed by atoms with Gasteiger partial charge in [0.2, 0.25) is 0 Å². The summed E-state index contributed by atoms with van der Waals surface area (Å²) in [5.74, 6) is 6.28. The molecule has 108 valence electrons. The lowest BCUT2D eigenvalue weighted by molar-refractivity contribution is 0.0636. The maximum absolute atomic E-state index is 11.6. The van der Waals surface area contributed by atoms with Gasteiger partial charge < -0.3 is 4.74 Å². The molecule has 0 fully saturated rings. The van der Waals surface area contributed by atoms with Crippen LogP contribution < -0.4 is 5.32 Å². The zero-order valence-electron chi connectivity index (χ0n) is 13.1. The number of ether oxygens (including phenoxy) is 1. The number of amides is 1. The summed E-state index contributed by atoms with van der Waals surface area (Å²) in [4.78, 5) is 11.6. The van der Waals surface area contributed by atoms with Crippen LogP contribution in [-0.2, 0) is 4.74 Å². The molecule has 3 nitrogen and oxygen atoms in total. The van der Waals surface area contributed by atoms with E-state index in [1.165, 1.54) is 0 Å². The van der Waals surface area contributed by atoms with Crippen molar-refractivity contribution in [3.63, 3.8) is 0 Å². The van der Waals surface area contributed by atoms with Gasteiger partial charge >= 0.3 is 6.09 Å². The Bertz CT molecular complexity index is 519. The van der Waals surface area contributed by atoms with Crippen LogP contribution >= 0.6 is 0 Å². The monoisotopic (exact) mass is 273 g/mol. The lowest BCUT2D eigenvalue weighted by Crippen LogP contribution is -2.27. The Hall–Kier alpha value is -1.95. The molecule has 3 heteroatoms. The molecule has 0 heterocycles. The molecular weight excluding hydrogens is 250 g/mol. The number of carbonyl (C=O) groups excluding carboxylic acids is 1. The van der Waals surface area contributed by atoms with Crippen LogP contribution in [0.15, 0.2) is 24.3 Å². The number of benzene rings is 1. The van der Waals surface area contributed by atoms with Gasteiger partial charge in [0, 0.05) is 16.7 Å². The fourth-order valence-corrected chi connectivity index (χ4v) is 1.32. The van der Waals surface area contributed by atoms with Gasteiger partial charge in [-0.05, 0) is 65.8 Å². The zero-order chi connectivity index (χ0) is 15.4. The number of hydrogen-bond donors (Lipinski definition) is 1. The maximum atomic E-state index is 11.6. The van der Waals surface area contributed by atoms with Crippen LogP contribution in [0.25, 0.3) is 0 Å². The average molecular weight is 273 g/mol. The second-order valence-corrected chi connectivity index (χ2v) is 6.70. The molecule has 0 aliphatic carbocycles. The maximum Gasteiger partial charge on any atom is 0.412 e. The van der Waals surface area contributed by atoms with Crippen molar-refractivity contribution in [2.75, 3.05) is 5.32 Å². The molecule has 0 aliphatic rings. The number of rotatable bonds is 1. The standard InChI is InChI=1S/C17H23NO2/c1-16(2,3)12-11-13-7-9-14(10-8-13)18-15(19)20-17(4,5)6/h7-10H,1-6H3,(H,18,19). The lowest BCUT2D eigenvalue weighted by atomic mass is 9.97. The summed E-state index contributed by atoms with van der Waals surface area (Å²) in [7, 11) is 0. The molecule has 0 aromatic heterocycles. The van der Waals surface area contributed by atoms with Crippen molar-refractivity contribution in [1.82, 2.24) is 0 Å². The van der Waals surface area contributed by atoms with Gasteiger partial charge in [-0.1, -0.05) is 11.8 Å². The molecule has 1 aromatic rings. The second kappa shape index (κ2) is 6.00. The molecule has 1 rings (SSSR count). The molecule has 0 saturated carbocycles. The average Bonchev–Trinajstić information content (AvgIpc) is 2.24. The van der Waals surface area contributed by atoms with E-state index in [4.69, 9.17) is 4.74 Å². The van der Waals surface area contributed by atoms with Crippen molar-refractivity contribution < 1.29 is 9.53 Å². The zero-order valence-corrected chi connectivity index (χ0v) is 13.1. The topological polar surface area (TPSA) is 38.3 Å². The molecule has 0 saturated heterocycles. The van der Waals surface area contributed by atoms with Crippen molar-refractivity contribution in [3.8, 4) is 11.8 Å². The highest BCUT2D eigenvalue weighted by molar-refractivity contribution is 5.84. The van der Waals surface area contributed by atoms with E-state index < -0.39 is 11.7 Å². The Morgan fingerprint density at radius 1 is 1.05 bits per heavy atom. The van der Waals surface area contributed by atoms with Gasteiger partial charge in [0.15, 0.2) is 0 Å². The molecule has 0 spiro atoms. The van der Waals surface area contributed by atoms with Crippen molar-refractivity contribution in [3.05, 3.63) is 29.8 Å². The molecule has 1 aromatic carbocycles. The van der Waals surface area contributed by atoms with Crippen LogP contribution in [0, 0.1) is 17.3 Å². The first-order valence-corrected chi connectivity index (χ1v) is 6.68. The third-order valence-electron chi connectivity index (χ3n) is 2.11. The number of nitrogens with one attached hydrogen (secondary N) is 1. The molecule has 0 atom stereocenters. The van der Waals surface area contributed by atoms with E-state index in [-0.39, 0.29) is 5.41 Å². The minimum atomic E-state index is -0.498. The summed E-state index contributed by atoms with van der Waals surface area (Å²) in [6.07, 6.45) is -0.453. The highest BCUT2D eigenvalue weighted by atomic mass is 16.6. The summed E-state index contributed by atoms with van der Waals surface area (Å²) in [6, 6.07) is 7.39. The molecular formula is C17H23NO2. The summed E-state index contributed by atoms with van der Waals surface area (Å²) >= 11 is 0. The largest absolute Gasteiger partial charge is 0.444 e. The Morgan fingerprint density at radius 3 is 2.05 bits per heavy atom. The highest BCUT2D eigenvalue weighted by Crippen LogP contribution is 2.14. The first-order valence-electron chi connectivity index (χ1n) is 6.68. The van der Waals surface area contributed by atoms with Crippen LogP contribution in [0.4, 0.5) is 10.5 Å². The quantitative estimate of drug-likeness (QED) is 0.769. The van der Waals surface area contributed by atoms with Gasteiger partial charge in [-0.15, -0.1) is 0 Å². The van der Waals surface area contributed by atoms with Crippen LogP contribution in [-0.4, -0.2) is 11.7 Å². The number of carbonyl (C=O) groups is 1. The number of anilines is 1. The SMILES string of the molecule is CC(C)(C)C#Cc1ccc(NC(=O)OC(C)(C)C)cc1. The predicted octanol–water partition coefficient (Wildman–Crippen LogP) is 4.43. The Labute approximate surface area is 121 Å². The van der Waals surface area contributed by atoms with E-state index >= 15 is 0 Å². The lowest BCUT2D eigenvalue weighted by Gasteiger charge is -2.19. The fourth-order valence-electron chi connectivity index (χ4n) is 1.32. The van der Waals surface area contributed by atoms with Crippen molar-refractivity contribution in [1.29, 1.82) is 0 Å². The van der Waals surface area contributed by atoms with Gasteiger partial charge in [-0.25, -0.2) is 4.79 Å². The minimum Gasteiger partial charge on any atom is -0.444 e. The van der Waals surface area contributed by atoms with E-state index in [1.807, 2.05) is 45.0 Å². The second-order valence-electron chi connectivity index (χ2n) is 6.70. The Kier molecular flexibility index (Phi) is 4.83. The normalized spacial score (nSPS) is 11.3. The number of hydrogen-bond acceptors (Lipinski definition) is 2. The van der Waals surface area contributed by atoms with Crippen LogP contribution in [0.2, 0.25) is 0 Å². The van der Waals surface area contributed by atoms with Gasteiger partial charge in [-0.3, -0.25) is 5.32 Å². The molecule has 1 amide bonds. The van der Waals surface area contributed by atoms with E-state index in [9.17, 15) is 4.79 Å². The molecule has 0 aliphatic heterocycles. The first-order chi connectivity index (χ1) is 9.05.